The van der Waals surface area contributed by atoms with Gasteiger partial charge in [0.15, 0.2) is 5.69 Å². The van der Waals surface area contributed by atoms with E-state index in [4.69, 9.17) is 4.74 Å². The van der Waals surface area contributed by atoms with Crippen LogP contribution in [-0.2, 0) is 18.4 Å². The van der Waals surface area contributed by atoms with Crippen LogP contribution in [0.1, 0.15) is 36.6 Å². The highest BCUT2D eigenvalue weighted by molar-refractivity contribution is 5.32. The SMILES string of the molecule is CN1CCC[C@@H]1C(C)(O)c1ccc(OCc2cccnc2C(F)(F)F)cc1. The van der Waals surface area contributed by atoms with Crippen molar-refractivity contribution >= 4 is 0 Å². The fourth-order valence-electron chi connectivity index (χ4n) is 3.67. The van der Waals surface area contributed by atoms with Gasteiger partial charge in [0, 0.05) is 17.8 Å². The maximum absolute atomic E-state index is 13.0. The molecule has 0 amide bonds. The number of likely N-dealkylation sites (N-methyl/N-ethyl adjacent to an activating group) is 1. The minimum atomic E-state index is -4.52. The fraction of sp³-hybridized carbons (Fsp3) is 0.450. The lowest BCUT2D eigenvalue weighted by atomic mass is 9.87. The lowest BCUT2D eigenvalue weighted by Gasteiger charge is -2.35. The van der Waals surface area contributed by atoms with E-state index >= 15 is 0 Å². The van der Waals surface area contributed by atoms with E-state index in [-0.39, 0.29) is 18.2 Å². The zero-order chi connectivity index (χ0) is 19.7. The summed E-state index contributed by atoms with van der Waals surface area (Å²) in [4.78, 5) is 5.56. The maximum atomic E-state index is 13.0. The zero-order valence-electron chi connectivity index (χ0n) is 15.3. The van der Waals surface area contributed by atoms with Crippen LogP contribution in [0.5, 0.6) is 5.75 Å². The van der Waals surface area contributed by atoms with Crippen LogP contribution in [0.4, 0.5) is 13.2 Å². The summed E-state index contributed by atoms with van der Waals surface area (Å²) in [6, 6.07) is 9.70. The summed E-state index contributed by atoms with van der Waals surface area (Å²) in [6.07, 6.45) is -1.44. The summed E-state index contributed by atoms with van der Waals surface area (Å²) in [7, 11) is 2.00. The van der Waals surface area contributed by atoms with Gasteiger partial charge >= 0.3 is 6.18 Å². The molecule has 0 bridgehead atoms. The van der Waals surface area contributed by atoms with Crippen molar-refractivity contribution in [1.82, 2.24) is 9.88 Å². The molecule has 1 saturated heterocycles. The van der Waals surface area contributed by atoms with Gasteiger partial charge in [-0.25, -0.2) is 0 Å². The predicted octanol–water partition coefficient (Wildman–Crippen LogP) is 3.98. The average molecular weight is 380 g/mol. The maximum Gasteiger partial charge on any atom is 0.433 e. The molecule has 0 radical (unpaired) electrons. The Hall–Kier alpha value is -2.12. The number of alkyl halides is 3. The molecule has 4 nitrogen and oxygen atoms in total. The Morgan fingerprint density at radius 3 is 2.52 bits per heavy atom. The van der Waals surface area contributed by atoms with E-state index in [1.165, 1.54) is 12.1 Å². The Labute approximate surface area is 156 Å². The van der Waals surface area contributed by atoms with Gasteiger partial charge in [0.25, 0.3) is 0 Å². The van der Waals surface area contributed by atoms with Crippen LogP contribution in [-0.4, -0.2) is 34.6 Å². The number of aliphatic hydroxyl groups is 1. The third-order valence-electron chi connectivity index (χ3n) is 5.16. The minimum Gasteiger partial charge on any atom is -0.489 e. The Morgan fingerprint density at radius 1 is 1.22 bits per heavy atom. The van der Waals surface area contributed by atoms with Gasteiger partial charge in [-0.15, -0.1) is 0 Å². The van der Waals surface area contributed by atoms with Crippen molar-refractivity contribution in [3.63, 3.8) is 0 Å². The molecule has 2 aromatic rings. The van der Waals surface area contributed by atoms with Gasteiger partial charge < -0.3 is 14.7 Å². The molecule has 0 saturated carbocycles. The number of pyridine rings is 1. The lowest BCUT2D eigenvalue weighted by molar-refractivity contribution is -0.142. The van der Waals surface area contributed by atoms with Crippen LogP contribution < -0.4 is 4.74 Å². The highest BCUT2D eigenvalue weighted by Crippen LogP contribution is 2.35. The van der Waals surface area contributed by atoms with Crippen molar-refractivity contribution in [2.75, 3.05) is 13.6 Å². The average Bonchev–Trinajstić information content (AvgIpc) is 3.06. The van der Waals surface area contributed by atoms with Gasteiger partial charge in [0.2, 0.25) is 0 Å². The first-order chi connectivity index (χ1) is 12.7. The molecule has 1 aromatic heterocycles. The van der Waals surface area contributed by atoms with Crippen LogP contribution >= 0.6 is 0 Å². The lowest BCUT2D eigenvalue weighted by Crippen LogP contribution is -2.43. The highest BCUT2D eigenvalue weighted by Gasteiger charge is 2.39. The molecule has 2 heterocycles. The van der Waals surface area contributed by atoms with Crippen LogP contribution in [0, 0.1) is 0 Å². The second-order valence-electron chi connectivity index (χ2n) is 7.11. The molecule has 146 valence electrons. The normalized spacial score (nSPS) is 20.4. The van der Waals surface area contributed by atoms with Crippen molar-refractivity contribution in [3.8, 4) is 5.75 Å². The van der Waals surface area contributed by atoms with Crippen LogP contribution in [0.2, 0.25) is 0 Å². The molecule has 3 rings (SSSR count). The molecule has 27 heavy (non-hydrogen) atoms. The van der Waals surface area contributed by atoms with E-state index in [9.17, 15) is 18.3 Å². The Balaban J connectivity index is 1.70. The smallest absolute Gasteiger partial charge is 0.433 e. The standard InChI is InChI=1S/C20H23F3N2O2/c1-19(26,17-6-4-12-25(17)2)15-7-9-16(10-8-15)27-13-14-5-3-11-24-18(14)20(21,22)23/h3,5,7-11,17,26H,4,6,12-13H2,1-2H3/t17-,19?/m1/s1. The number of ether oxygens (including phenoxy) is 1. The quantitative estimate of drug-likeness (QED) is 0.852. The Morgan fingerprint density at radius 2 is 1.93 bits per heavy atom. The minimum absolute atomic E-state index is 0.0198. The molecule has 1 N–H and O–H groups in total. The summed E-state index contributed by atoms with van der Waals surface area (Å²) in [5, 5.41) is 11.0. The van der Waals surface area contributed by atoms with Crippen molar-refractivity contribution in [2.45, 2.75) is 44.2 Å². The summed E-state index contributed by atoms with van der Waals surface area (Å²) in [5.41, 5.74) is -1.20. The number of hydrogen-bond donors (Lipinski definition) is 1. The predicted molar refractivity (Wildman–Crippen MR) is 95.2 cm³/mol. The molecular formula is C20H23F3N2O2. The highest BCUT2D eigenvalue weighted by atomic mass is 19.4. The van der Waals surface area contributed by atoms with E-state index in [0.29, 0.717) is 5.75 Å². The van der Waals surface area contributed by atoms with Crippen molar-refractivity contribution in [2.24, 2.45) is 0 Å². The van der Waals surface area contributed by atoms with Gasteiger partial charge in [-0.2, -0.15) is 13.2 Å². The zero-order valence-corrected chi connectivity index (χ0v) is 15.3. The second-order valence-corrected chi connectivity index (χ2v) is 7.11. The van der Waals surface area contributed by atoms with Crippen LogP contribution in [0.15, 0.2) is 42.6 Å². The van der Waals surface area contributed by atoms with Gasteiger partial charge in [-0.1, -0.05) is 18.2 Å². The van der Waals surface area contributed by atoms with E-state index in [1.54, 1.807) is 31.2 Å². The van der Waals surface area contributed by atoms with Gasteiger partial charge in [-0.3, -0.25) is 4.98 Å². The summed E-state index contributed by atoms with van der Waals surface area (Å²) in [6.45, 7) is 2.51. The number of hydrogen-bond acceptors (Lipinski definition) is 4. The van der Waals surface area contributed by atoms with Crippen LogP contribution in [0.25, 0.3) is 0 Å². The number of nitrogens with zero attached hydrogens (tertiary/aromatic N) is 2. The summed E-state index contributed by atoms with van der Waals surface area (Å²) >= 11 is 0. The van der Waals surface area contributed by atoms with Crippen molar-refractivity contribution in [1.29, 1.82) is 0 Å². The van der Waals surface area contributed by atoms with Gasteiger partial charge in [0.1, 0.15) is 18.0 Å². The molecular weight excluding hydrogens is 357 g/mol. The molecule has 7 heteroatoms. The van der Waals surface area contributed by atoms with Gasteiger partial charge in [-0.05, 0) is 57.1 Å². The van der Waals surface area contributed by atoms with E-state index in [1.807, 2.05) is 7.05 Å². The van der Waals surface area contributed by atoms with Gasteiger partial charge in [0.05, 0.1) is 0 Å². The van der Waals surface area contributed by atoms with Crippen molar-refractivity contribution in [3.05, 3.63) is 59.4 Å². The second kappa shape index (κ2) is 7.48. The van der Waals surface area contributed by atoms with Crippen LogP contribution in [0.3, 0.4) is 0 Å². The first-order valence-electron chi connectivity index (χ1n) is 8.86. The number of aromatic nitrogens is 1. The Kier molecular flexibility index (Phi) is 5.44. The number of rotatable bonds is 5. The topological polar surface area (TPSA) is 45.6 Å². The third kappa shape index (κ3) is 4.25. The van der Waals surface area contributed by atoms with E-state index in [0.717, 1.165) is 31.1 Å². The molecule has 1 aliphatic heterocycles. The third-order valence-corrected chi connectivity index (χ3v) is 5.16. The molecule has 1 fully saturated rings. The van der Waals surface area contributed by atoms with Crippen molar-refractivity contribution < 1.29 is 23.0 Å². The molecule has 1 unspecified atom stereocenters. The molecule has 1 aromatic carbocycles. The summed E-state index contributed by atoms with van der Waals surface area (Å²) in [5.74, 6) is 0.436. The fourth-order valence-corrected chi connectivity index (χ4v) is 3.67. The number of likely N-dealkylation sites (tertiary alicyclic amines) is 1. The first kappa shape index (κ1) is 19.6. The number of halogens is 3. The monoisotopic (exact) mass is 380 g/mol. The molecule has 0 spiro atoms. The van der Waals surface area contributed by atoms with E-state index in [2.05, 4.69) is 9.88 Å². The largest absolute Gasteiger partial charge is 0.489 e. The Bertz CT molecular complexity index is 776. The molecule has 2 atom stereocenters. The molecule has 0 aliphatic carbocycles. The summed E-state index contributed by atoms with van der Waals surface area (Å²) < 4.78 is 44.5. The molecule has 1 aliphatic rings. The van der Waals surface area contributed by atoms with E-state index < -0.39 is 17.5 Å². The number of benzene rings is 1. The first-order valence-corrected chi connectivity index (χ1v) is 8.86.